The number of thiazole rings is 1. The van der Waals surface area contributed by atoms with Crippen molar-refractivity contribution in [3.8, 4) is 0 Å². The molecule has 114 valence electrons. The molecule has 2 rings (SSSR count). The highest BCUT2D eigenvalue weighted by Crippen LogP contribution is 2.30. The molecule has 1 N–H and O–H groups in total. The zero-order chi connectivity index (χ0) is 14.5. The number of nitrogens with one attached hydrogen (secondary N) is 1. The molecule has 1 aliphatic heterocycles. The lowest BCUT2D eigenvalue weighted by molar-refractivity contribution is 0.181. The van der Waals surface area contributed by atoms with Crippen LogP contribution in [0.15, 0.2) is 0 Å². The second-order valence-electron chi connectivity index (χ2n) is 6.00. The van der Waals surface area contributed by atoms with Crippen LogP contribution in [0.1, 0.15) is 44.2 Å². The lowest BCUT2D eigenvalue weighted by Crippen LogP contribution is -2.32. The highest BCUT2D eigenvalue weighted by atomic mass is 32.1. The molecule has 5 heteroatoms. The smallest absolute Gasteiger partial charge is 0.185 e. The second-order valence-corrected chi connectivity index (χ2v) is 7.07. The van der Waals surface area contributed by atoms with Crippen molar-refractivity contribution in [3.05, 3.63) is 10.6 Å². The molecule has 0 radical (unpaired) electrons. The lowest BCUT2D eigenvalue weighted by atomic mass is 10.00. The van der Waals surface area contributed by atoms with E-state index in [9.17, 15) is 0 Å². The Bertz CT molecular complexity index is 411. The lowest BCUT2D eigenvalue weighted by Gasteiger charge is -2.29. The highest BCUT2D eigenvalue weighted by Gasteiger charge is 2.20. The number of anilines is 1. The van der Waals surface area contributed by atoms with E-state index in [0.717, 1.165) is 31.2 Å². The van der Waals surface area contributed by atoms with Crippen molar-refractivity contribution in [2.75, 3.05) is 25.1 Å². The van der Waals surface area contributed by atoms with Crippen LogP contribution >= 0.6 is 11.3 Å². The standard InChI is InChI=1S/C15H27N3OS/c1-11(2)16-9-14-13(10-19-4)17-15(20-14)18-7-5-12(3)6-8-18/h11-12,16H,5-10H2,1-4H3. The first kappa shape index (κ1) is 15.7. The number of piperidine rings is 1. The average Bonchev–Trinajstić information content (AvgIpc) is 2.81. The number of methoxy groups -OCH3 is 1. The maximum atomic E-state index is 5.29. The van der Waals surface area contributed by atoms with E-state index in [1.807, 2.05) is 11.3 Å². The summed E-state index contributed by atoms with van der Waals surface area (Å²) in [6, 6.07) is 0.492. The topological polar surface area (TPSA) is 37.4 Å². The number of rotatable bonds is 6. The predicted octanol–water partition coefficient (Wildman–Crippen LogP) is 3.02. The van der Waals surface area contributed by atoms with Gasteiger partial charge in [-0.2, -0.15) is 0 Å². The summed E-state index contributed by atoms with van der Waals surface area (Å²) in [7, 11) is 1.74. The average molecular weight is 297 g/mol. The minimum Gasteiger partial charge on any atom is -0.378 e. The third-order valence-electron chi connectivity index (χ3n) is 3.77. The van der Waals surface area contributed by atoms with Gasteiger partial charge in [-0.1, -0.05) is 20.8 Å². The van der Waals surface area contributed by atoms with Crippen molar-refractivity contribution in [1.29, 1.82) is 0 Å². The van der Waals surface area contributed by atoms with E-state index in [4.69, 9.17) is 9.72 Å². The van der Waals surface area contributed by atoms with E-state index in [0.29, 0.717) is 12.6 Å². The van der Waals surface area contributed by atoms with Gasteiger partial charge in [-0.05, 0) is 18.8 Å². The fourth-order valence-electron chi connectivity index (χ4n) is 2.39. The van der Waals surface area contributed by atoms with E-state index in [-0.39, 0.29) is 0 Å². The first-order chi connectivity index (χ1) is 9.60. The van der Waals surface area contributed by atoms with E-state index in [2.05, 4.69) is 31.0 Å². The van der Waals surface area contributed by atoms with E-state index in [1.165, 1.54) is 22.9 Å². The minimum atomic E-state index is 0.492. The molecule has 1 saturated heterocycles. The van der Waals surface area contributed by atoms with Gasteiger partial charge in [0.05, 0.1) is 12.3 Å². The fourth-order valence-corrected chi connectivity index (χ4v) is 3.46. The third kappa shape index (κ3) is 4.17. The maximum absolute atomic E-state index is 5.29. The summed E-state index contributed by atoms with van der Waals surface area (Å²) in [6.45, 7) is 10.5. The Labute approximate surface area is 126 Å². The first-order valence-electron chi connectivity index (χ1n) is 7.56. The van der Waals surface area contributed by atoms with Crippen molar-refractivity contribution in [1.82, 2.24) is 10.3 Å². The van der Waals surface area contributed by atoms with Gasteiger partial charge >= 0.3 is 0 Å². The Morgan fingerprint density at radius 3 is 2.70 bits per heavy atom. The van der Waals surface area contributed by atoms with Crippen LogP contribution in [0.3, 0.4) is 0 Å². The van der Waals surface area contributed by atoms with Gasteiger partial charge in [-0.3, -0.25) is 0 Å². The predicted molar refractivity (Wildman–Crippen MR) is 85.4 cm³/mol. The van der Waals surface area contributed by atoms with Gasteiger partial charge in [0.1, 0.15) is 0 Å². The quantitative estimate of drug-likeness (QED) is 0.876. The van der Waals surface area contributed by atoms with Crippen LogP contribution in [0.5, 0.6) is 0 Å². The Balaban J connectivity index is 2.07. The molecule has 0 bridgehead atoms. The highest BCUT2D eigenvalue weighted by molar-refractivity contribution is 7.15. The molecule has 0 aliphatic carbocycles. The molecule has 20 heavy (non-hydrogen) atoms. The molecule has 0 amide bonds. The first-order valence-corrected chi connectivity index (χ1v) is 8.37. The molecule has 0 aromatic carbocycles. The Morgan fingerprint density at radius 2 is 2.10 bits per heavy atom. The second kappa shape index (κ2) is 7.38. The van der Waals surface area contributed by atoms with Crippen molar-refractivity contribution < 1.29 is 4.74 Å². The van der Waals surface area contributed by atoms with Gasteiger partial charge in [0, 0.05) is 37.7 Å². The normalized spacial score (nSPS) is 17.1. The van der Waals surface area contributed by atoms with E-state index >= 15 is 0 Å². The van der Waals surface area contributed by atoms with Gasteiger partial charge in [-0.15, -0.1) is 11.3 Å². The van der Waals surface area contributed by atoms with Crippen LogP contribution < -0.4 is 10.2 Å². The van der Waals surface area contributed by atoms with Gasteiger partial charge in [-0.25, -0.2) is 4.98 Å². The zero-order valence-electron chi connectivity index (χ0n) is 13.1. The molecule has 0 spiro atoms. The summed E-state index contributed by atoms with van der Waals surface area (Å²) in [6.07, 6.45) is 2.55. The van der Waals surface area contributed by atoms with Gasteiger partial charge in [0.15, 0.2) is 5.13 Å². The molecule has 4 nitrogen and oxygen atoms in total. The number of aromatic nitrogens is 1. The SMILES string of the molecule is COCc1nc(N2CCC(C)CC2)sc1CNC(C)C. The summed E-state index contributed by atoms with van der Waals surface area (Å²) in [4.78, 5) is 8.55. The summed E-state index contributed by atoms with van der Waals surface area (Å²) < 4.78 is 5.29. The van der Waals surface area contributed by atoms with Crippen molar-refractivity contribution in [2.45, 2.75) is 52.8 Å². The Hall–Kier alpha value is -0.650. The minimum absolute atomic E-state index is 0.492. The van der Waals surface area contributed by atoms with Crippen LogP contribution in [-0.2, 0) is 17.9 Å². The van der Waals surface area contributed by atoms with Crippen LogP contribution in [0.4, 0.5) is 5.13 Å². The van der Waals surface area contributed by atoms with Gasteiger partial charge < -0.3 is 15.0 Å². The Kier molecular flexibility index (Phi) is 5.81. The molecular weight excluding hydrogens is 270 g/mol. The molecule has 1 aromatic rings. The molecular formula is C15H27N3OS. The van der Waals surface area contributed by atoms with Crippen LogP contribution in [0, 0.1) is 5.92 Å². The molecule has 0 atom stereocenters. The zero-order valence-corrected chi connectivity index (χ0v) is 13.9. The largest absolute Gasteiger partial charge is 0.378 e. The van der Waals surface area contributed by atoms with Crippen molar-refractivity contribution in [2.24, 2.45) is 5.92 Å². The van der Waals surface area contributed by atoms with E-state index < -0.39 is 0 Å². The monoisotopic (exact) mass is 297 g/mol. The maximum Gasteiger partial charge on any atom is 0.185 e. The number of hydrogen-bond acceptors (Lipinski definition) is 5. The summed E-state index contributed by atoms with van der Waals surface area (Å²) in [5, 5.41) is 4.65. The molecule has 0 saturated carbocycles. The third-order valence-corrected chi connectivity index (χ3v) is 4.93. The van der Waals surface area contributed by atoms with Crippen molar-refractivity contribution >= 4 is 16.5 Å². The molecule has 0 unspecified atom stereocenters. The van der Waals surface area contributed by atoms with Crippen LogP contribution in [0.25, 0.3) is 0 Å². The number of hydrogen-bond donors (Lipinski definition) is 1. The molecule has 1 aromatic heterocycles. The molecule has 2 heterocycles. The fraction of sp³-hybridized carbons (Fsp3) is 0.800. The summed E-state index contributed by atoms with van der Waals surface area (Å²) >= 11 is 1.82. The van der Waals surface area contributed by atoms with Crippen LogP contribution in [0.2, 0.25) is 0 Å². The van der Waals surface area contributed by atoms with Gasteiger partial charge in [0.2, 0.25) is 0 Å². The van der Waals surface area contributed by atoms with Gasteiger partial charge in [0.25, 0.3) is 0 Å². The summed E-state index contributed by atoms with van der Waals surface area (Å²) in [5.74, 6) is 0.853. The summed E-state index contributed by atoms with van der Waals surface area (Å²) in [5.41, 5.74) is 1.10. The molecule has 1 fully saturated rings. The number of ether oxygens (including phenoxy) is 1. The number of nitrogens with zero attached hydrogens (tertiary/aromatic N) is 2. The van der Waals surface area contributed by atoms with Crippen molar-refractivity contribution in [3.63, 3.8) is 0 Å². The Morgan fingerprint density at radius 1 is 1.40 bits per heavy atom. The van der Waals surface area contributed by atoms with E-state index in [1.54, 1.807) is 7.11 Å². The molecule has 1 aliphatic rings. The van der Waals surface area contributed by atoms with Crippen LogP contribution in [-0.4, -0.2) is 31.2 Å².